The monoisotopic (exact) mass is 236 g/mol. The van der Waals surface area contributed by atoms with Gasteiger partial charge in [0.25, 0.3) is 0 Å². The van der Waals surface area contributed by atoms with Crippen molar-refractivity contribution in [3.63, 3.8) is 0 Å². The number of nitrogens with one attached hydrogen (secondary N) is 1. The SMILES string of the molecule is CN(C)C(CC1CCNC1)c1ccc(F)cc1. The van der Waals surface area contributed by atoms with Crippen molar-refractivity contribution in [3.8, 4) is 0 Å². The molecule has 0 spiro atoms. The first kappa shape index (κ1) is 12.5. The van der Waals surface area contributed by atoms with Gasteiger partial charge in [-0.25, -0.2) is 4.39 Å². The molecule has 0 radical (unpaired) electrons. The fourth-order valence-corrected chi connectivity index (χ4v) is 2.56. The summed E-state index contributed by atoms with van der Waals surface area (Å²) < 4.78 is 12.9. The van der Waals surface area contributed by atoms with Crippen molar-refractivity contribution in [2.75, 3.05) is 27.2 Å². The van der Waals surface area contributed by atoms with Crippen LogP contribution in [0.2, 0.25) is 0 Å². The minimum atomic E-state index is -0.159. The number of benzene rings is 1. The second kappa shape index (κ2) is 5.61. The number of rotatable bonds is 4. The summed E-state index contributed by atoms with van der Waals surface area (Å²) in [5.41, 5.74) is 1.21. The molecule has 2 atom stereocenters. The Morgan fingerprint density at radius 3 is 2.59 bits per heavy atom. The maximum Gasteiger partial charge on any atom is 0.123 e. The van der Waals surface area contributed by atoms with E-state index in [-0.39, 0.29) is 5.82 Å². The van der Waals surface area contributed by atoms with Crippen LogP contribution in [-0.4, -0.2) is 32.1 Å². The predicted molar refractivity (Wildman–Crippen MR) is 68.4 cm³/mol. The molecule has 1 aromatic rings. The van der Waals surface area contributed by atoms with Crippen LogP contribution in [-0.2, 0) is 0 Å². The van der Waals surface area contributed by atoms with E-state index >= 15 is 0 Å². The van der Waals surface area contributed by atoms with Gasteiger partial charge in [0.1, 0.15) is 5.82 Å². The largest absolute Gasteiger partial charge is 0.316 e. The van der Waals surface area contributed by atoms with Gasteiger partial charge in [0.05, 0.1) is 0 Å². The standard InChI is InChI=1S/C14H21FN2/c1-17(2)14(9-11-7-8-16-10-11)12-3-5-13(15)6-4-12/h3-6,11,14,16H,7-10H2,1-2H3. The maximum atomic E-state index is 12.9. The molecule has 0 amide bonds. The summed E-state index contributed by atoms with van der Waals surface area (Å²) in [7, 11) is 4.19. The zero-order valence-corrected chi connectivity index (χ0v) is 10.6. The minimum Gasteiger partial charge on any atom is -0.316 e. The van der Waals surface area contributed by atoms with E-state index in [0.29, 0.717) is 6.04 Å². The first-order valence-corrected chi connectivity index (χ1v) is 6.29. The molecule has 2 nitrogen and oxygen atoms in total. The molecular formula is C14H21FN2. The molecular weight excluding hydrogens is 215 g/mol. The molecule has 2 unspecified atom stereocenters. The van der Waals surface area contributed by atoms with Crippen LogP contribution in [0.3, 0.4) is 0 Å². The lowest BCUT2D eigenvalue weighted by molar-refractivity contribution is 0.253. The Morgan fingerprint density at radius 2 is 2.06 bits per heavy atom. The van der Waals surface area contributed by atoms with Crippen LogP contribution >= 0.6 is 0 Å². The first-order chi connectivity index (χ1) is 8.16. The third-order valence-corrected chi connectivity index (χ3v) is 3.60. The van der Waals surface area contributed by atoms with Crippen molar-refractivity contribution in [1.82, 2.24) is 10.2 Å². The van der Waals surface area contributed by atoms with Crippen molar-refractivity contribution in [2.45, 2.75) is 18.9 Å². The molecule has 1 aromatic carbocycles. The molecule has 0 bridgehead atoms. The number of hydrogen-bond donors (Lipinski definition) is 1. The summed E-state index contributed by atoms with van der Waals surface area (Å²) in [6.45, 7) is 2.25. The molecule has 1 fully saturated rings. The fraction of sp³-hybridized carbons (Fsp3) is 0.571. The second-order valence-electron chi connectivity index (χ2n) is 5.13. The van der Waals surface area contributed by atoms with Gasteiger partial charge in [0.2, 0.25) is 0 Å². The molecule has 0 saturated carbocycles. The molecule has 1 N–H and O–H groups in total. The average molecular weight is 236 g/mol. The van der Waals surface area contributed by atoms with Gasteiger partial charge in [-0.3, -0.25) is 0 Å². The van der Waals surface area contributed by atoms with Crippen LogP contribution in [0.15, 0.2) is 24.3 Å². The molecule has 3 heteroatoms. The van der Waals surface area contributed by atoms with Gasteiger partial charge in [0.15, 0.2) is 0 Å². The minimum absolute atomic E-state index is 0.159. The van der Waals surface area contributed by atoms with E-state index in [9.17, 15) is 4.39 Å². The van der Waals surface area contributed by atoms with Crippen LogP contribution in [0.1, 0.15) is 24.4 Å². The molecule has 1 aliphatic rings. The molecule has 1 heterocycles. The summed E-state index contributed by atoms with van der Waals surface area (Å²) in [4.78, 5) is 2.23. The summed E-state index contributed by atoms with van der Waals surface area (Å²) >= 11 is 0. The average Bonchev–Trinajstić information content (AvgIpc) is 2.80. The van der Waals surface area contributed by atoms with E-state index in [1.165, 1.54) is 12.0 Å². The second-order valence-corrected chi connectivity index (χ2v) is 5.13. The van der Waals surface area contributed by atoms with Gasteiger partial charge in [-0.2, -0.15) is 0 Å². The lowest BCUT2D eigenvalue weighted by Gasteiger charge is -2.27. The van der Waals surface area contributed by atoms with E-state index < -0.39 is 0 Å². The van der Waals surface area contributed by atoms with E-state index in [1.54, 1.807) is 12.1 Å². The highest BCUT2D eigenvalue weighted by molar-refractivity contribution is 5.20. The smallest absolute Gasteiger partial charge is 0.123 e. The Bertz CT molecular complexity index is 342. The molecule has 0 aromatic heterocycles. The summed E-state index contributed by atoms with van der Waals surface area (Å²) in [6, 6.07) is 7.31. The topological polar surface area (TPSA) is 15.3 Å². The summed E-state index contributed by atoms with van der Waals surface area (Å²) in [6.07, 6.45) is 2.40. The van der Waals surface area contributed by atoms with Crippen molar-refractivity contribution >= 4 is 0 Å². The molecule has 1 saturated heterocycles. The normalized spacial score (nSPS) is 22.0. The van der Waals surface area contributed by atoms with Gasteiger partial charge in [-0.15, -0.1) is 0 Å². The Labute approximate surface area is 103 Å². The van der Waals surface area contributed by atoms with Gasteiger partial charge >= 0.3 is 0 Å². The van der Waals surface area contributed by atoms with Gasteiger partial charge < -0.3 is 10.2 Å². The highest BCUT2D eigenvalue weighted by Gasteiger charge is 2.22. The summed E-state index contributed by atoms with van der Waals surface area (Å²) in [5.74, 6) is 0.584. The van der Waals surface area contributed by atoms with Crippen LogP contribution in [0.5, 0.6) is 0 Å². The Balaban J connectivity index is 2.08. The number of nitrogens with zero attached hydrogens (tertiary/aromatic N) is 1. The van der Waals surface area contributed by atoms with Gasteiger partial charge in [0, 0.05) is 6.04 Å². The van der Waals surface area contributed by atoms with Crippen LogP contribution in [0.25, 0.3) is 0 Å². The quantitative estimate of drug-likeness (QED) is 0.863. The molecule has 94 valence electrons. The van der Waals surface area contributed by atoms with Crippen molar-refractivity contribution in [2.24, 2.45) is 5.92 Å². The zero-order valence-electron chi connectivity index (χ0n) is 10.6. The molecule has 0 aliphatic carbocycles. The van der Waals surface area contributed by atoms with E-state index in [1.807, 2.05) is 12.1 Å². The van der Waals surface area contributed by atoms with E-state index in [0.717, 1.165) is 25.4 Å². The van der Waals surface area contributed by atoms with Crippen LogP contribution < -0.4 is 5.32 Å². The van der Waals surface area contributed by atoms with Crippen LogP contribution in [0, 0.1) is 11.7 Å². The predicted octanol–water partition coefficient (Wildman–Crippen LogP) is 2.43. The lowest BCUT2D eigenvalue weighted by Crippen LogP contribution is -2.23. The van der Waals surface area contributed by atoms with Gasteiger partial charge in [-0.05, 0) is 63.6 Å². The Hall–Kier alpha value is -0.930. The molecule has 2 rings (SSSR count). The Kier molecular flexibility index (Phi) is 4.13. The van der Waals surface area contributed by atoms with E-state index in [4.69, 9.17) is 0 Å². The molecule has 1 aliphatic heterocycles. The van der Waals surface area contributed by atoms with Crippen LogP contribution in [0.4, 0.5) is 4.39 Å². The van der Waals surface area contributed by atoms with Crippen molar-refractivity contribution in [3.05, 3.63) is 35.6 Å². The highest BCUT2D eigenvalue weighted by Crippen LogP contribution is 2.28. The van der Waals surface area contributed by atoms with Gasteiger partial charge in [-0.1, -0.05) is 12.1 Å². The Morgan fingerprint density at radius 1 is 1.35 bits per heavy atom. The first-order valence-electron chi connectivity index (χ1n) is 6.29. The number of hydrogen-bond acceptors (Lipinski definition) is 2. The lowest BCUT2D eigenvalue weighted by atomic mass is 9.93. The van der Waals surface area contributed by atoms with E-state index in [2.05, 4.69) is 24.3 Å². The maximum absolute atomic E-state index is 12.9. The number of halogens is 1. The fourth-order valence-electron chi connectivity index (χ4n) is 2.56. The van der Waals surface area contributed by atoms with Crippen molar-refractivity contribution in [1.29, 1.82) is 0 Å². The third-order valence-electron chi connectivity index (χ3n) is 3.60. The third kappa shape index (κ3) is 3.27. The zero-order chi connectivity index (χ0) is 12.3. The summed E-state index contributed by atoms with van der Waals surface area (Å²) in [5, 5.41) is 3.40. The molecule has 17 heavy (non-hydrogen) atoms. The highest BCUT2D eigenvalue weighted by atomic mass is 19.1. The van der Waals surface area contributed by atoms with Crippen molar-refractivity contribution < 1.29 is 4.39 Å².